The number of halogens is 3. The van der Waals surface area contributed by atoms with Gasteiger partial charge in [0.15, 0.2) is 0 Å². The molecule has 0 saturated heterocycles. The van der Waals surface area contributed by atoms with Crippen molar-refractivity contribution >= 4 is 23.2 Å². The average molecular weight is 373 g/mol. The van der Waals surface area contributed by atoms with Crippen LogP contribution in [0.3, 0.4) is 0 Å². The summed E-state index contributed by atoms with van der Waals surface area (Å²) in [6.45, 7) is 0.222. The number of amides is 1. The molecule has 0 fully saturated rings. The van der Waals surface area contributed by atoms with Crippen molar-refractivity contribution in [2.45, 2.75) is 12.8 Å². The standard InChI is InChI=1S/C16H14F3NO4S/c1-23-15(22)13-6-5-12(25-13)14(21)20-8-7-10-3-2-4-11(9-10)24-16(17,18)19/h2-6,9H,7-8H2,1H3,(H,20,21). The first-order valence-electron chi connectivity index (χ1n) is 7.09. The maximum absolute atomic E-state index is 12.2. The maximum Gasteiger partial charge on any atom is 0.573 e. The van der Waals surface area contributed by atoms with Crippen LogP contribution in [-0.4, -0.2) is 31.9 Å². The molecule has 1 heterocycles. The Balaban J connectivity index is 1.88. The highest BCUT2D eigenvalue weighted by atomic mass is 32.1. The van der Waals surface area contributed by atoms with E-state index in [2.05, 4.69) is 14.8 Å². The maximum atomic E-state index is 12.2. The van der Waals surface area contributed by atoms with Crippen molar-refractivity contribution in [3.05, 3.63) is 51.7 Å². The van der Waals surface area contributed by atoms with Crippen LogP contribution < -0.4 is 10.1 Å². The average Bonchev–Trinajstić information content (AvgIpc) is 3.03. The number of rotatable bonds is 6. The van der Waals surface area contributed by atoms with Crippen molar-refractivity contribution in [3.63, 3.8) is 0 Å². The predicted molar refractivity (Wildman–Crippen MR) is 84.8 cm³/mol. The second kappa shape index (κ2) is 8.02. The lowest BCUT2D eigenvalue weighted by Gasteiger charge is -2.10. The fourth-order valence-corrected chi connectivity index (χ4v) is 2.82. The van der Waals surface area contributed by atoms with Crippen molar-refractivity contribution < 1.29 is 32.2 Å². The Hall–Kier alpha value is -2.55. The largest absolute Gasteiger partial charge is 0.573 e. The van der Waals surface area contributed by atoms with Crippen molar-refractivity contribution in [2.24, 2.45) is 0 Å². The number of nitrogens with one attached hydrogen (secondary N) is 1. The third-order valence-corrected chi connectivity index (χ3v) is 4.11. The third kappa shape index (κ3) is 5.79. The van der Waals surface area contributed by atoms with Crippen LogP contribution in [0.2, 0.25) is 0 Å². The van der Waals surface area contributed by atoms with Gasteiger partial charge in [-0.2, -0.15) is 0 Å². The Morgan fingerprint density at radius 2 is 1.88 bits per heavy atom. The highest BCUT2D eigenvalue weighted by Gasteiger charge is 2.31. The summed E-state index contributed by atoms with van der Waals surface area (Å²) in [6, 6.07) is 8.54. The minimum absolute atomic E-state index is 0.222. The SMILES string of the molecule is COC(=O)c1ccc(C(=O)NCCc2cccc(OC(F)(F)F)c2)s1. The van der Waals surface area contributed by atoms with E-state index in [-0.39, 0.29) is 18.2 Å². The van der Waals surface area contributed by atoms with Crippen LogP contribution in [0.4, 0.5) is 13.2 Å². The monoisotopic (exact) mass is 373 g/mol. The van der Waals surface area contributed by atoms with E-state index in [0.29, 0.717) is 21.7 Å². The van der Waals surface area contributed by atoms with Gasteiger partial charge in [0.05, 0.1) is 12.0 Å². The van der Waals surface area contributed by atoms with E-state index in [1.807, 2.05) is 0 Å². The lowest BCUT2D eigenvalue weighted by atomic mass is 10.1. The number of carbonyl (C=O) groups is 2. The lowest BCUT2D eigenvalue weighted by molar-refractivity contribution is -0.274. The molecule has 1 aromatic heterocycles. The van der Waals surface area contributed by atoms with Crippen molar-refractivity contribution in [1.29, 1.82) is 0 Å². The predicted octanol–water partition coefficient (Wildman–Crippen LogP) is 3.41. The van der Waals surface area contributed by atoms with E-state index >= 15 is 0 Å². The van der Waals surface area contributed by atoms with Gasteiger partial charge in [0.1, 0.15) is 10.6 Å². The second-order valence-corrected chi connectivity index (χ2v) is 5.94. The molecule has 9 heteroatoms. The number of alkyl halides is 3. The van der Waals surface area contributed by atoms with Crippen LogP contribution in [0.25, 0.3) is 0 Å². The van der Waals surface area contributed by atoms with Gasteiger partial charge in [-0.05, 0) is 36.2 Å². The van der Waals surface area contributed by atoms with E-state index in [0.717, 1.165) is 11.3 Å². The van der Waals surface area contributed by atoms with Crippen molar-refractivity contribution in [3.8, 4) is 5.75 Å². The highest BCUT2D eigenvalue weighted by Crippen LogP contribution is 2.23. The van der Waals surface area contributed by atoms with Crippen LogP contribution in [0.5, 0.6) is 5.75 Å². The molecule has 1 aromatic carbocycles. The van der Waals surface area contributed by atoms with Gasteiger partial charge < -0.3 is 14.8 Å². The van der Waals surface area contributed by atoms with E-state index < -0.39 is 12.3 Å². The zero-order valence-corrected chi connectivity index (χ0v) is 13.9. The Labute approximate surface area is 145 Å². The quantitative estimate of drug-likeness (QED) is 0.789. The van der Waals surface area contributed by atoms with Gasteiger partial charge in [-0.3, -0.25) is 4.79 Å². The van der Waals surface area contributed by atoms with Crippen LogP contribution in [0, 0.1) is 0 Å². The summed E-state index contributed by atoms with van der Waals surface area (Å²) in [5, 5.41) is 2.64. The molecule has 0 radical (unpaired) electrons. The Morgan fingerprint density at radius 1 is 1.16 bits per heavy atom. The summed E-state index contributed by atoms with van der Waals surface area (Å²) in [7, 11) is 1.25. The summed E-state index contributed by atoms with van der Waals surface area (Å²) in [5.74, 6) is -1.20. The summed E-state index contributed by atoms with van der Waals surface area (Å²) in [4.78, 5) is 24.0. The molecule has 1 amide bonds. The topological polar surface area (TPSA) is 64.6 Å². The molecule has 1 N–H and O–H groups in total. The molecule has 5 nitrogen and oxygen atoms in total. The summed E-state index contributed by atoms with van der Waals surface area (Å²) >= 11 is 0.997. The van der Waals surface area contributed by atoms with Crippen LogP contribution in [-0.2, 0) is 11.2 Å². The number of methoxy groups -OCH3 is 1. The molecule has 25 heavy (non-hydrogen) atoms. The fraction of sp³-hybridized carbons (Fsp3) is 0.250. The zero-order valence-electron chi connectivity index (χ0n) is 13.1. The minimum Gasteiger partial charge on any atom is -0.465 e. The van der Waals surface area contributed by atoms with Crippen molar-refractivity contribution in [2.75, 3.05) is 13.7 Å². The van der Waals surface area contributed by atoms with Crippen LogP contribution in [0.1, 0.15) is 24.9 Å². The van der Waals surface area contributed by atoms with E-state index in [1.54, 1.807) is 6.07 Å². The molecule has 0 bridgehead atoms. The lowest BCUT2D eigenvalue weighted by Crippen LogP contribution is -2.24. The molecule has 2 aromatic rings. The van der Waals surface area contributed by atoms with Gasteiger partial charge in [-0.25, -0.2) is 4.79 Å². The highest BCUT2D eigenvalue weighted by molar-refractivity contribution is 7.15. The molecule has 134 valence electrons. The van der Waals surface area contributed by atoms with Gasteiger partial charge in [-0.15, -0.1) is 24.5 Å². The van der Waals surface area contributed by atoms with Gasteiger partial charge in [0.2, 0.25) is 0 Å². The molecule has 0 aliphatic carbocycles. The third-order valence-electron chi connectivity index (χ3n) is 3.05. The van der Waals surface area contributed by atoms with Gasteiger partial charge in [-0.1, -0.05) is 12.1 Å². The molecule has 2 rings (SSSR count). The van der Waals surface area contributed by atoms with Crippen LogP contribution >= 0.6 is 11.3 Å². The number of hydrogen-bond acceptors (Lipinski definition) is 5. The number of esters is 1. The molecule has 0 aliphatic heterocycles. The minimum atomic E-state index is -4.75. The number of hydrogen-bond donors (Lipinski definition) is 1. The molecule has 0 atom stereocenters. The Morgan fingerprint density at radius 3 is 2.56 bits per heavy atom. The molecule has 0 saturated carbocycles. The fourth-order valence-electron chi connectivity index (χ4n) is 1.98. The summed E-state index contributed by atoms with van der Waals surface area (Å²) in [6.07, 6.45) is -4.42. The van der Waals surface area contributed by atoms with E-state index in [4.69, 9.17) is 0 Å². The van der Waals surface area contributed by atoms with Crippen LogP contribution in [0.15, 0.2) is 36.4 Å². The zero-order chi connectivity index (χ0) is 18.4. The molecule has 0 spiro atoms. The first kappa shape index (κ1) is 18.8. The smallest absolute Gasteiger partial charge is 0.465 e. The Kier molecular flexibility index (Phi) is 6.02. The first-order valence-corrected chi connectivity index (χ1v) is 7.91. The number of benzene rings is 1. The van der Waals surface area contributed by atoms with E-state index in [9.17, 15) is 22.8 Å². The molecular weight excluding hydrogens is 359 g/mol. The summed E-state index contributed by atoms with van der Waals surface area (Å²) in [5.41, 5.74) is 0.587. The van der Waals surface area contributed by atoms with Crippen molar-refractivity contribution in [1.82, 2.24) is 5.32 Å². The van der Waals surface area contributed by atoms with Gasteiger partial charge in [0, 0.05) is 6.54 Å². The number of ether oxygens (including phenoxy) is 2. The molecule has 0 aliphatic rings. The molecule has 0 unspecified atom stereocenters. The molecular formula is C16H14F3NO4S. The first-order chi connectivity index (χ1) is 11.8. The Bertz CT molecular complexity index is 758. The second-order valence-electron chi connectivity index (χ2n) is 4.86. The van der Waals surface area contributed by atoms with Gasteiger partial charge in [0.25, 0.3) is 5.91 Å². The van der Waals surface area contributed by atoms with E-state index in [1.165, 1.54) is 37.4 Å². The number of thiophene rings is 1. The van der Waals surface area contributed by atoms with Gasteiger partial charge >= 0.3 is 12.3 Å². The normalized spacial score (nSPS) is 11.0. The summed E-state index contributed by atoms with van der Waals surface area (Å²) < 4.78 is 45.0. The number of carbonyl (C=O) groups excluding carboxylic acids is 2.